The molecule has 136 valence electrons. The zero-order chi connectivity index (χ0) is 17.1. The number of piperazine rings is 1. The second-order valence-corrected chi connectivity index (χ2v) is 6.53. The smallest absolute Gasteiger partial charge is 0.410 e. The van der Waals surface area contributed by atoms with E-state index in [2.05, 4.69) is 4.90 Å². The zero-order valence-corrected chi connectivity index (χ0v) is 15.0. The van der Waals surface area contributed by atoms with Crippen LogP contribution >= 0.6 is 0 Å². The molecule has 0 aromatic carbocycles. The highest BCUT2D eigenvalue weighted by Gasteiger charge is 2.25. The third kappa shape index (κ3) is 9.76. The van der Waals surface area contributed by atoms with Crippen LogP contribution < -0.4 is 0 Å². The van der Waals surface area contributed by atoms with Crippen LogP contribution in [0.1, 0.15) is 20.8 Å². The Labute approximate surface area is 139 Å². The molecule has 1 aliphatic heterocycles. The minimum absolute atomic E-state index is 0.221. The number of rotatable bonds is 9. The van der Waals surface area contributed by atoms with Crippen molar-refractivity contribution in [3.63, 3.8) is 0 Å². The normalized spacial score (nSPS) is 16.6. The van der Waals surface area contributed by atoms with Crippen LogP contribution in [0, 0.1) is 0 Å². The Morgan fingerprint density at radius 1 is 0.913 bits per heavy atom. The van der Waals surface area contributed by atoms with Gasteiger partial charge in [0.15, 0.2) is 0 Å². The zero-order valence-electron chi connectivity index (χ0n) is 15.0. The number of carbonyl (C=O) groups is 1. The fraction of sp³-hybridized carbons (Fsp3) is 0.938. The van der Waals surface area contributed by atoms with Crippen molar-refractivity contribution in [3.8, 4) is 0 Å². The van der Waals surface area contributed by atoms with Crippen LogP contribution in [0.4, 0.5) is 4.79 Å². The summed E-state index contributed by atoms with van der Waals surface area (Å²) < 4.78 is 21.1. The molecule has 1 fully saturated rings. The van der Waals surface area contributed by atoms with E-state index in [1.165, 1.54) is 0 Å². The molecular weight excluding hydrogens is 300 g/mol. The van der Waals surface area contributed by atoms with Crippen molar-refractivity contribution in [1.29, 1.82) is 0 Å². The number of hydrogen-bond acceptors (Lipinski definition) is 6. The summed E-state index contributed by atoms with van der Waals surface area (Å²) in [5.41, 5.74) is -0.437. The quantitative estimate of drug-likeness (QED) is 0.592. The predicted octanol–water partition coefficient (Wildman–Crippen LogP) is 1.22. The summed E-state index contributed by atoms with van der Waals surface area (Å²) in [5.74, 6) is 0. The molecule has 0 radical (unpaired) electrons. The van der Waals surface area contributed by atoms with E-state index in [1.807, 2.05) is 20.8 Å². The lowest BCUT2D eigenvalue weighted by Crippen LogP contribution is -2.50. The van der Waals surface area contributed by atoms with Crippen molar-refractivity contribution in [3.05, 3.63) is 0 Å². The Bertz CT molecular complexity index is 325. The van der Waals surface area contributed by atoms with Crippen LogP contribution in [0.25, 0.3) is 0 Å². The van der Waals surface area contributed by atoms with E-state index in [4.69, 9.17) is 18.9 Å². The number of amides is 1. The molecule has 1 rings (SSSR count). The Hall–Kier alpha value is -0.890. The molecule has 1 amide bonds. The molecule has 0 aliphatic carbocycles. The summed E-state index contributed by atoms with van der Waals surface area (Å²) in [7, 11) is 1.66. The third-order valence-electron chi connectivity index (χ3n) is 3.38. The van der Waals surface area contributed by atoms with Gasteiger partial charge >= 0.3 is 6.09 Å². The molecular formula is C16H32N2O5. The lowest BCUT2D eigenvalue weighted by atomic mass is 10.2. The third-order valence-corrected chi connectivity index (χ3v) is 3.38. The van der Waals surface area contributed by atoms with Gasteiger partial charge in [0.05, 0.1) is 33.0 Å². The Balaban J connectivity index is 2.03. The molecule has 0 bridgehead atoms. The lowest BCUT2D eigenvalue weighted by Gasteiger charge is -2.35. The van der Waals surface area contributed by atoms with Gasteiger partial charge in [0.1, 0.15) is 5.60 Å². The topological polar surface area (TPSA) is 60.5 Å². The molecule has 0 aromatic rings. The first-order chi connectivity index (χ1) is 10.9. The van der Waals surface area contributed by atoms with Gasteiger partial charge < -0.3 is 23.8 Å². The predicted molar refractivity (Wildman–Crippen MR) is 87.8 cm³/mol. The summed E-state index contributed by atoms with van der Waals surface area (Å²) in [5, 5.41) is 0. The van der Waals surface area contributed by atoms with E-state index >= 15 is 0 Å². The van der Waals surface area contributed by atoms with E-state index in [0.717, 1.165) is 19.6 Å². The van der Waals surface area contributed by atoms with Gasteiger partial charge in [-0.3, -0.25) is 4.90 Å². The molecule has 7 heteroatoms. The van der Waals surface area contributed by atoms with Gasteiger partial charge in [-0.25, -0.2) is 4.79 Å². The molecule has 0 atom stereocenters. The minimum Gasteiger partial charge on any atom is -0.444 e. The van der Waals surface area contributed by atoms with Crippen LogP contribution in [0.5, 0.6) is 0 Å². The van der Waals surface area contributed by atoms with Crippen LogP contribution in [0.2, 0.25) is 0 Å². The van der Waals surface area contributed by atoms with Crippen molar-refractivity contribution in [2.75, 3.05) is 72.9 Å². The monoisotopic (exact) mass is 332 g/mol. The van der Waals surface area contributed by atoms with Gasteiger partial charge in [-0.2, -0.15) is 0 Å². The first-order valence-corrected chi connectivity index (χ1v) is 8.27. The van der Waals surface area contributed by atoms with Crippen molar-refractivity contribution in [2.45, 2.75) is 26.4 Å². The molecule has 0 aromatic heterocycles. The summed E-state index contributed by atoms with van der Waals surface area (Å²) in [6.07, 6.45) is -0.221. The first-order valence-electron chi connectivity index (χ1n) is 8.27. The van der Waals surface area contributed by atoms with E-state index in [1.54, 1.807) is 12.0 Å². The van der Waals surface area contributed by atoms with Gasteiger partial charge in [-0.15, -0.1) is 0 Å². The number of carbonyl (C=O) groups excluding carboxylic acids is 1. The van der Waals surface area contributed by atoms with Gasteiger partial charge in [-0.05, 0) is 20.8 Å². The van der Waals surface area contributed by atoms with Crippen LogP contribution in [0.15, 0.2) is 0 Å². The maximum absolute atomic E-state index is 12.0. The van der Waals surface area contributed by atoms with Crippen LogP contribution in [-0.4, -0.2) is 94.4 Å². The highest BCUT2D eigenvalue weighted by Crippen LogP contribution is 2.11. The Morgan fingerprint density at radius 2 is 1.48 bits per heavy atom. The second kappa shape index (κ2) is 10.8. The van der Waals surface area contributed by atoms with Crippen molar-refractivity contribution in [2.24, 2.45) is 0 Å². The molecule has 0 unspecified atom stereocenters. The minimum atomic E-state index is -0.437. The number of methoxy groups -OCH3 is 1. The average molecular weight is 332 g/mol. The maximum atomic E-state index is 12.0. The van der Waals surface area contributed by atoms with E-state index in [-0.39, 0.29) is 6.09 Å². The molecule has 1 saturated heterocycles. The van der Waals surface area contributed by atoms with Gasteiger partial charge in [0.2, 0.25) is 0 Å². The fourth-order valence-corrected chi connectivity index (χ4v) is 2.14. The van der Waals surface area contributed by atoms with Gasteiger partial charge in [-0.1, -0.05) is 0 Å². The second-order valence-electron chi connectivity index (χ2n) is 6.53. The fourth-order valence-electron chi connectivity index (χ4n) is 2.14. The van der Waals surface area contributed by atoms with Crippen molar-refractivity contribution in [1.82, 2.24) is 9.80 Å². The van der Waals surface area contributed by atoms with Crippen LogP contribution in [0.3, 0.4) is 0 Å². The van der Waals surface area contributed by atoms with E-state index < -0.39 is 5.60 Å². The molecule has 0 saturated carbocycles. The molecule has 7 nitrogen and oxygen atoms in total. The van der Waals surface area contributed by atoms with E-state index in [9.17, 15) is 4.79 Å². The standard InChI is InChI=1S/C16H32N2O5/c1-16(2,3)23-15(19)18-7-5-17(6-8-18)9-10-21-13-14-22-12-11-20-4/h5-14H2,1-4H3. The first kappa shape index (κ1) is 20.2. The number of hydrogen-bond donors (Lipinski definition) is 0. The average Bonchev–Trinajstić information content (AvgIpc) is 2.49. The summed E-state index contributed by atoms with van der Waals surface area (Å²) in [4.78, 5) is 16.0. The highest BCUT2D eigenvalue weighted by atomic mass is 16.6. The lowest BCUT2D eigenvalue weighted by molar-refractivity contribution is 0.00487. The van der Waals surface area contributed by atoms with Crippen molar-refractivity contribution < 1.29 is 23.7 Å². The van der Waals surface area contributed by atoms with E-state index in [0.29, 0.717) is 46.1 Å². The summed E-state index contributed by atoms with van der Waals surface area (Å²) in [6, 6.07) is 0. The largest absolute Gasteiger partial charge is 0.444 e. The highest BCUT2D eigenvalue weighted by molar-refractivity contribution is 5.68. The number of ether oxygens (including phenoxy) is 4. The van der Waals surface area contributed by atoms with Gasteiger partial charge in [0.25, 0.3) is 0 Å². The molecule has 1 aliphatic rings. The SMILES string of the molecule is COCCOCCOCCN1CCN(C(=O)OC(C)(C)C)CC1. The Morgan fingerprint density at radius 3 is 2.04 bits per heavy atom. The molecule has 0 N–H and O–H groups in total. The van der Waals surface area contributed by atoms with Crippen LogP contribution in [-0.2, 0) is 18.9 Å². The number of nitrogens with zero attached hydrogens (tertiary/aromatic N) is 2. The van der Waals surface area contributed by atoms with Gasteiger partial charge in [0, 0.05) is 39.8 Å². The summed E-state index contributed by atoms with van der Waals surface area (Å²) >= 11 is 0. The summed E-state index contributed by atoms with van der Waals surface area (Å²) in [6.45, 7) is 12.7. The van der Waals surface area contributed by atoms with Crippen molar-refractivity contribution >= 4 is 6.09 Å². The Kier molecular flexibility index (Phi) is 9.47. The molecule has 0 spiro atoms. The maximum Gasteiger partial charge on any atom is 0.410 e. The molecule has 23 heavy (non-hydrogen) atoms. The molecule has 1 heterocycles.